The standard InChI is InChI=1S/C11H9N3/c1-7-3-4-10-11(14-7)8(2)9(5-12)6-13-10/h3-4,6,13H,2H2,1H3. The van der Waals surface area contributed by atoms with Crippen molar-refractivity contribution < 1.29 is 0 Å². The molecule has 0 saturated carbocycles. The van der Waals surface area contributed by atoms with Gasteiger partial charge in [-0.25, -0.2) is 0 Å². The molecule has 0 unspecified atom stereocenters. The number of rotatable bonds is 0. The van der Waals surface area contributed by atoms with Gasteiger partial charge in [0.05, 0.1) is 17.0 Å². The number of aryl methyl sites for hydroxylation is 1. The summed E-state index contributed by atoms with van der Waals surface area (Å²) in [5.41, 5.74) is 3.81. The number of anilines is 1. The molecule has 0 saturated heterocycles. The van der Waals surface area contributed by atoms with Crippen molar-refractivity contribution in [1.82, 2.24) is 4.98 Å². The SMILES string of the molecule is C=C1C(C#N)=CNc2ccc(C)nc21. The lowest BCUT2D eigenvalue weighted by Gasteiger charge is -2.16. The molecule has 2 rings (SSSR count). The fourth-order valence-electron chi connectivity index (χ4n) is 1.37. The molecule has 1 aliphatic rings. The number of fused-ring (bicyclic) bond motifs is 1. The molecule has 0 radical (unpaired) electrons. The summed E-state index contributed by atoms with van der Waals surface area (Å²) in [6.07, 6.45) is 1.65. The van der Waals surface area contributed by atoms with Crippen LogP contribution in [-0.2, 0) is 0 Å². The summed E-state index contributed by atoms with van der Waals surface area (Å²) >= 11 is 0. The minimum atomic E-state index is 0.538. The Hall–Kier alpha value is -2.08. The molecule has 2 heterocycles. The molecule has 0 aliphatic carbocycles. The highest BCUT2D eigenvalue weighted by atomic mass is 14.9. The van der Waals surface area contributed by atoms with Gasteiger partial charge in [0.15, 0.2) is 0 Å². The topological polar surface area (TPSA) is 48.7 Å². The van der Waals surface area contributed by atoms with E-state index < -0.39 is 0 Å². The molecule has 68 valence electrons. The summed E-state index contributed by atoms with van der Waals surface area (Å²) in [4.78, 5) is 4.34. The molecule has 3 nitrogen and oxygen atoms in total. The van der Waals surface area contributed by atoms with Gasteiger partial charge in [0, 0.05) is 17.5 Å². The van der Waals surface area contributed by atoms with E-state index in [1.165, 1.54) is 0 Å². The smallest absolute Gasteiger partial charge is 0.101 e. The molecular formula is C11H9N3. The van der Waals surface area contributed by atoms with E-state index in [1.807, 2.05) is 19.1 Å². The Bertz CT molecular complexity index is 478. The Morgan fingerprint density at radius 3 is 3.00 bits per heavy atom. The van der Waals surface area contributed by atoms with Crippen LogP contribution < -0.4 is 5.32 Å². The maximum absolute atomic E-state index is 8.81. The zero-order valence-corrected chi connectivity index (χ0v) is 7.83. The van der Waals surface area contributed by atoms with E-state index in [0.717, 1.165) is 17.1 Å². The normalized spacial score (nSPS) is 13.7. The molecule has 0 amide bonds. The van der Waals surface area contributed by atoms with Gasteiger partial charge in [-0.3, -0.25) is 4.98 Å². The summed E-state index contributed by atoms with van der Waals surface area (Å²) < 4.78 is 0. The molecule has 3 heteroatoms. The monoisotopic (exact) mass is 183 g/mol. The Balaban J connectivity index is 2.56. The van der Waals surface area contributed by atoms with Gasteiger partial charge >= 0.3 is 0 Å². The Labute approximate surface area is 82.4 Å². The van der Waals surface area contributed by atoms with Crippen molar-refractivity contribution in [3.05, 3.63) is 41.9 Å². The number of pyridine rings is 1. The third-order valence-corrected chi connectivity index (χ3v) is 2.14. The summed E-state index contributed by atoms with van der Waals surface area (Å²) in [5.74, 6) is 0. The van der Waals surface area contributed by atoms with Gasteiger partial charge in [-0.2, -0.15) is 5.26 Å². The minimum Gasteiger partial charge on any atom is -0.359 e. The van der Waals surface area contributed by atoms with Crippen molar-refractivity contribution in [2.45, 2.75) is 6.92 Å². The van der Waals surface area contributed by atoms with Crippen LogP contribution in [0.4, 0.5) is 5.69 Å². The van der Waals surface area contributed by atoms with Crippen LogP contribution in [0.5, 0.6) is 0 Å². The molecule has 0 bridgehead atoms. The molecule has 1 aromatic heterocycles. The van der Waals surface area contributed by atoms with Gasteiger partial charge < -0.3 is 5.32 Å². The van der Waals surface area contributed by atoms with Crippen molar-refractivity contribution in [3.63, 3.8) is 0 Å². The zero-order chi connectivity index (χ0) is 10.1. The summed E-state index contributed by atoms with van der Waals surface area (Å²) in [7, 11) is 0. The molecule has 0 aromatic carbocycles. The highest BCUT2D eigenvalue weighted by Crippen LogP contribution is 2.30. The van der Waals surface area contributed by atoms with Crippen LogP contribution in [0.1, 0.15) is 11.4 Å². The summed E-state index contributed by atoms with van der Waals surface area (Å²) in [6.45, 7) is 5.77. The second kappa shape index (κ2) is 3.00. The molecule has 1 N–H and O–H groups in total. The highest BCUT2D eigenvalue weighted by molar-refractivity contribution is 5.88. The summed E-state index contributed by atoms with van der Waals surface area (Å²) in [5, 5.41) is 11.8. The molecular weight excluding hydrogens is 174 g/mol. The average Bonchev–Trinajstić information content (AvgIpc) is 2.20. The number of aromatic nitrogens is 1. The zero-order valence-electron chi connectivity index (χ0n) is 7.83. The largest absolute Gasteiger partial charge is 0.359 e. The van der Waals surface area contributed by atoms with Crippen LogP contribution in [0.15, 0.2) is 30.5 Å². The number of allylic oxidation sites excluding steroid dienone is 2. The minimum absolute atomic E-state index is 0.538. The van der Waals surface area contributed by atoms with E-state index >= 15 is 0 Å². The lowest BCUT2D eigenvalue weighted by molar-refractivity contribution is 1.16. The third-order valence-electron chi connectivity index (χ3n) is 2.14. The molecule has 0 atom stereocenters. The van der Waals surface area contributed by atoms with Crippen LogP contribution in [0.2, 0.25) is 0 Å². The van der Waals surface area contributed by atoms with Crippen molar-refractivity contribution in [2.75, 3.05) is 5.32 Å². The number of nitrogens with one attached hydrogen (secondary N) is 1. The van der Waals surface area contributed by atoms with Gasteiger partial charge in [0.2, 0.25) is 0 Å². The first-order valence-corrected chi connectivity index (χ1v) is 4.26. The lowest BCUT2D eigenvalue weighted by Crippen LogP contribution is -2.06. The van der Waals surface area contributed by atoms with Crippen LogP contribution in [-0.4, -0.2) is 4.98 Å². The predicted octanol–water partition coefficient (Wildman–Crippen LogP) is 2.24. The van der Waals surface area contributed by atoms with E-state index in [4.69, 9.17) is 5.26 Å². The lowest BCUT2D eigenvalue weighted by atomic mass is 10.0. The maximum Gasteiger partial charge on any atom is 0.101 e. The average molecular weight is 183 g/mol. The van der Waals surface area contributed by atoms with Crippen LogP contribution in [0.3, 0.4) is 0 Å². The Morgan fingerprint density at radius 2 is 2.29 bits per heavy atom. The third kappa shape index (κ3) is 1.17. The molecule has 1 aliphatic heterocycles. The van der Waals surface area contributed by atoms with Gasteiger partial charge in [0.1, 0.15) is 6.07 Å². The Kier molecular flexibility index (Phi) is 1.83. The molecule has 1 aromatic rings. The quantitative estimate of drug-likeness (QED) is 0.671. The van der Waals surface area contributed by atoms with E-state index in [2.05, 4.69) is 22.9 Å². The van der Waals surface area contributed by atoms with Crippen molar-refractivity contribution in [2.24, 2.45) is 0 Å². The van der Waals surface area contributed by atoms with Gasteiger partial charge in [-0.05, 0) is 19.1 Å². The predicted molar refractivity (Wildman–Crippen MR) is 55.3 cm³/mol. The van der Waals surface area contributed by atoms with Crippen LogP contribution >= 0.6 is 0 Å². The molecule has 0 fully saturated rings. The second-order valence-corrected chi connectivity index (χ2v) is 3.14. The first-order chi connectivity index (χ1) is 6.72. The number of nitrogens with zero attached hydrogens (tertiary/aromatic N) is 2. The van der Waals surface area contributed by atoms with Crippen LogP contribution in [0, 0.1) is 18.3 Å². The molecule has 14 heavy (non-hydrogen) atoms. The first-order valence-electron chi connectivity index (χ1n) is 4.26. The summed E-state index contributed by atoms with van der Waals surface area (Å²) in [6, 6.07) is 5.93. The van der Waals surface area contributed by atoms with Gasteiger partial charge in [-0.1, -0.05) is 6.58 Å². The van der Waals surface area contributed by atoms with Crippen molar-refractivity contribution >= 4 is 11.3 Å². The second-order valence-electron chi connectivity index (χ2n) is 3.14. The fraction of sp³-hybridized carbons (Fsp3) is 0.0909. The van der Waals surface area contributed by atoms with Gasteiger partial charge in [0.25, 0.3) is 0 Å². The number of hydrogen-bond acceptors (Lipinski definition) is 3. The fourth-order valence-corrected chi connectivity index (χ4v) is 1.37. The van der Waals surface area contributed by atoms with Crippen LogP contribution in [0.25, 0.3) is 5.57 Å². The maximum atomic E-state index is 8.81. The first kappa shape index (κ1) is 8.52. The van der Waals surface area contributed by atoms with E-state index in [9.17, 15) is 0 Å². The number of nitriles is 1. The Morgan fingerprint density at radius 1 is 1.50 bits per heavy atom. The highest BCUT2D eigenvalue weighted by Gasteiger charge is 2.15. The number of hydrogen-bond donors (Lipinski definition) is 1. The van der Waals surface area contributed by atoms with E-state index in [-0.39, 0.29) is 0 Å². The van der Waals surface area contributed by atoms with E-state index in [1.54, 1.807) is 6.20 Å². The van der Waals surface area contributed by atoms with E-state index in [0.29, 0.717) is 11.1 Å². The van der Waals surface area contributed by atoms with Gasteiger partial charge in [-0.15, -0.1) is 0 Å². The van der Waals surface area contributed by atoms with Crippen molar-refractivity contribution in [3.8, 4) is 6.07 Å². The van der Waals surface area contributed by atoms with Crippen molar-refractivity contribution in [1.29, 1.82) is 5.26 Å². The molecule has 0 spiro atoms.